The topological polar surface area (TPSA) is 70.8 Å². The van der Waals surface area contributed by atoms with E-state index in [0.717, 1.165) is 0 Å². The van der Waals surface area contributed by atoms with E-state index in [1.807, 2.05) is 24.3 Å². The molecule has 2 aromatic rings. The third kappa shape index (κ3) is 5.16. The van der Waals surface area contributed by atoms with E-state index in [9.17, 15) is 4.79 Å². The second-order valence-corrected chi connectivity index (χ2v) is 6.53. The Kier molecular flexibility index (Phi) is 7.39. The molecule has 0 saturated carbocycles. The molecule has 0 fully saturated rings. The molecule has 0 spiro atoms. The molecule has 0 atom stereocenters. The van der Waals surface area contributed by atoms with Crippen molar-refractivity contribution in [2.24, 2.45) is 5.73 Å². The van der Waals surface area contributed by atoms with Gasteiger partial charge in [0, 0.05) is 25.5 Å². The molecule has 0 radical (unpaired) electrons. The van der Waals surface area contributed by atoms with Crippen molar-refractivity contribution in [2.75, 3.05) is 39.6 Å². The molecular formula is C22H27NO4. The molecule has 1 aliphatic rings. The fraction of sp³-hybridized carbons (Fsp3) is 0.409. The summed E-state index contributed by atoms with van der Waals surface area (Å²) in [4.78, 5) is 12.1. The summed E-state index contributed by atoms with van der Waals surface area (Å²) in [7, 11) is 0. The van der Waals surface area contributed by atoms with Crippen LogP contribution < -0.4 is 5.73 Å². The van der Waals surface area contributed by atoms with Gasteiger partial charge in [0.05, 0.1) is 19.8 Å². The summed E-state index contributed by atoms with van der Waals surface area (Å²) in [5, 5.41) is 0. The SMILES string of the molecule is NCCOCCOCCCC(=O)OCC1c2ccccc2-c2ccccc21. The highest BCUT2D eigenvalue weighted by Crippen LogP contribution is 2.44. The van der Waals surface area contributed by atoms with Crippen molar-refractivity contribution >= 4 is 5.97 Å². The number of carbonyl (C=O) groups is 1. The Hall–Kier alpha value is -2.21. The van der Waals surface area contributed by atoms with Gasteiger partial charge in [-0.1, -0.05) is 48.5 Å². The van der Waals surface area contributed by atoms with Gasteiger partial charge in [-0.15, -0.1) is 0 Å². The molecule has 0 aliphatic heterocycles. The first-order valence-electron chi connectivity index (χ1n) is 9.50. The van der Waals surface area contributed by atoms with E-state index in [0.29, 0.717) is 52.4 Å². The number of esters is 1. The lowest BCUT2D eigenvalue weighted by Crippen LogP contribution is -2.14. The number of benzene rings is 2. The van der Waals surface area contributed by atoms with Gasteiger partial charge in [0.1, 0.15) is 6.61 Å². The van der Waals surface area contributed by atoms with Crippen LogP contribution in [-0.2, 0) is 19.0 Å². The predicted octanol–water partition coefficient (Wildman–Crippen LogP) is 3.11. The average Bonchev–Trinajstić information content (AvgIpc) is 3.02. The molecule has 27 heavy (non-hydrogen) atoms. The van der Waals surface area contributed by atoms with E-state index in [4.69, 9.17) is 19.9 Å². The zero-order valence-electron chi connectivity index (χ0n) is 15.6. The van der Waals surface area contributed by atoms with Gasteiger partial charge >= 0.3 is 5.97 Å². The first-order chi connectivity index (χ1) is 13.3. The lowest BCUT2D eigenvalue weighted by atomic mass is 9.98. The van der Waals surface area contributed by atoms with Crippen LogP contribution in [-0.4, -0.2) is 45.5 Å². The van der Waals surface area contributed by atoms with Crippen molar-refractivity contribution in [3.05, 3.63) is 59.7 Å². The number of fused-ring (bicyclic) bond motifs is 3. The van der Waals surface area contributed by atoms with E-state index >= 15 is 0 Å². The van der Waals surface area contributed by atoms with Crippen LogP contribution in [0.4, 0.5) is 0 Å². The Morgan fingerprint density at radius 1 is 0.852 bits per heavy atom. The van der Waals surface area contributed by atoms with E-state index in [-0.39, 0.29) is 11.9 Å². The molecule has 3 rings (SSSR count). The van der Waals surface area contributed by atoms with Crippen LogP contribution in [0.1, 0.15) is 29.9 Å². The summed E-state index contributed by atoms with van der Waals surface area (Å²) in [6.45, 7) is 3.01. The molecule has 0 saturated heterocycles. The van der Waals surface area contributed by atoms with Gasteiger partial charge in [-0.25, -0.2) is 0 Å². The Balaban J connectivity index is 1.42. The number of hydrogen-bond donors (Lipinski definition) is 1. The van der Waals surface area contributed by atoms with Crippen molar-refractivity contribution < 1.29 is 19.0 Å². The first-order valence-corrected chi connectivity index (χ1v) is 9.50. The van der Waals surface area contributed by atoms with Crippen LogP contribution in [0.3, 0.4) is 0 Å². The number of ether oxygens (including phenoxy) is 3. The molecule has 0 amide bonds. The van der Waals surface area contributed by atoms with Crippen LogP contribution in [0.15, 0.2) is 48.5 Å². The summed E-state index contributed by atoms with van der Waals surface area (Å²) in [5.74, 6) is -0.0721. The Morgan fingerprint density at radius 3 is 2.07 bits per heavy atom. The molecule has 0 unspecified atom stereocenters. The number of hydrogen-bond acceptors (Lipinski definition) is 5. The van der Waals surface area contributed by atoms with Crippen LogP contribution >= 0.6 is 0 Å². The third-order valence-corrected chi connectivity index (χ3v) is 4.68. The molecule has 2 aromatic carbocycles. The zero-order valence-corrected chi connectivity index (χ0v) is 15.6. The highest BCUT2D eigenvalue weighted by atomic mass is 16.5. The minimum absolute atomic E-state index is 0.109. The molecule has 0 aromatic heterocycles. The number of rotatable bonds is 11. The fourth-order valence-corrected chi connectivity index (χ4v) is 3.41. The second-order valence-electron chi connectivity index (χ2n) is 6.53. The zero-order chi connectivity index (χ0) is 18.9. The standard InChI is InChI=1S/C22H27NO4/c23-11-13-26-15-14-25-12-5-10-22(24)27-16-21-19-8-3-1-6-17(19)18-7-2-4-9-20(18)21/h1-4,6-9,21H,5,10-16,23H2. The quantitative estimate of drug-likeness (QED) is 0.487. The minimum Gasteiger partial charge on any atom is -0.465 e. The van der Waals surface area contributed by atoms with Crippen molar-refractivity contribution in [2.45, 2.75) is 18.8 Å². The average molecular weight is 369 g/mol. The molecule has 1 aliphatic carbocycles. The second kappa shape index (κ2) is 10.2. The molecule has 5 nitrogen and oxygen atoms in total. The van der Waals surface area contributed by atoms with E-state index in [2.05, 4.69) is 24.3 Å². The van der Waals surface area contributed by atoms with Gasteiger partial charge < -0.3 is 19.9 Å². The highest BCUT2D eigenvalue weighted by molar-refractivity contribution is 5.79. The molecular weight excluding hydrogens is 342 g/mol. The number of carbonyl (C=O) groups excluding carboxylic acids is 1. The maximum absolute atomic E-state index is 12.1. The van der Waals surface area contributed by atoms with E-state index in [1.165, 1.54) is 22.3 Å². The molecule has 0 heterocycles. The van der Waals surface area contributed by atoms with Crippen LogP contribution in [0.25, 0.3) is 11.1 Å². The normalized spacial score (nSPS) is 12.6. The van der Waals surface area contributed by atoms with Crippen molar-refractivity contribution in [3.8, 4) is 11.1 Å². The fourth-order valence-electron chi connectivity index (χ4n) is 3.41. The third-order valence-electron chi connectivity index (χ3n) is 4.68. The van der Waals surface area contributed by atoms with Crippen LogP contribution in [0, 0.1) is 0 Å². The predicted molar refractivity (Wildman–Crippen MR) is 105 cm³/mol. The van der Waals surface area contributed by atoms with Gasteiger partial charge in [0.2, 0.25) is 0 Å². The summed E-state index contributed by atoms with van der Waals surface area (Å²) >= 11 is 0. The lowest BCUT2D eigenvalue weighted by molar-refractivity contribution is -0.144. The van der Waals surface area contributed by atoms with E-state index in [1.54, 1.807) is 0 Å². The van der Waals surface area contributed by atoms with Crippen molar-refractivity contribution in [3.63, 3.8) is 0 Å². The highest BCUT2D eigenvalue weighted by Gasteiger charge is 2.28. The largest absolute Gasteiger partial charge is 0.465 e. The van der Waals surface area contributed by atoms with Crippen LogP contribution in [0.5, 0.6) is 0 Å². The maximum Gasteiger partial charge on any atom is 0.305 e. The monoisotopic (exact) mass is 369 g/mol. The van der Waals surface area contributed by atoms with Gasteiger partial charge in [-0.2, -0.15) is 0 Å². The van der Waals surface area contributed by atoms with Crippen LogP contribution in [0.2, 0.25) is 0 Å². The Morgan fingerprint density at radius 2 is 1.44 bits per heavy atom. The molecule has 2 N–H and O–H groups in total. The van der Waals surface area contributed by atoms with Gasteiger partial charge in [0.25, 0.3) is 0 Å². The summed E-state index contributed by atoms with van der Waals surface area (Å²) < 4.78 is 16.2. The lowest BCUT2D eigenvalue weighted by Gasteiger charge is -2.14. The smallest absolute Gasteiger partial charge is 0.305 e. The van der Waals surface area contributed by atoms with Gasteiger partial charge in [-0.3, -0.25) is 4.79 Å². The Bertz CT molecular complexity index is 701. The van der Waals surface area contributed by atoms with E-state index < -0.39 is 0 Å². The molecule has 0 bridgehead atoms. The van der Waals surface area contributed by atoms with Gasteiger partial charge in [-0.05, 0) is 28.7 Å². The summed E-state index contributed by atoms with van der Waals surface area (Å²) in [6.07, 6.45) is 1.01. The number of nitrogens with two attached hydrogens (primary N) is 1. The maximum atomic E-state index is 12.1. The molecule has 144 valence electrons. The van der Waals surface area contributed by atoms with Crippen molar-refractivity contribution in [1.82, 2.24) is 0 Å². The Labute approximate surface area is 160 Å². The summed E-state index contributed by atoms with van der Waals surface area (Å²) in [5.41, 5.74) is 10.3. The van der Waals surface area contributed by atoms with Gasteiger partial charge in [0.15, 0.2) is 0 Å². The minimum atomic E-state index is -0.181. The van der Waals surface area contributed by atoms with Crippen molar-refractivity contribution in [1.29, 1.82) is 0 Å². The molecule has 5 heteroatoms. The first kappa shape index (κ1) is 19.5. The summed E-state index contributed by atoms with van der Waals surface area (Å²) in [6, 6.07) is 16.7.